The number of benzene rings is 1. The molecule has 1 saturated heterocycles. The van der Waals surface area contributed by atoms with Gasteiger partial charge >= 0.3 is 0 Å². The smallest absolute Gasteiger partial charge is 0.246 e. The molecular weight excluding hydrogens is 373 g/mol. The van der Waals surface area contributed by atoms with Gasteiger partial charge in [-0.25, -0.2) is 12.8 Å². The Balaban J connectivity index is 1.82. The summed E-state index contributed by atoms with van der Waals surface area (Å²) < 4.78 is 46.1. The molecule has 9 heteroatoms. The lowest BCUT2D eigenvalue weighted by molar-refractivity contribution is -0.122. The summed E-state index contributed by atoms with van der Waals surface area (Å²) in [5.41, 5.74) is 5.90. The second-order valence-corrected chi connectivity index (χ2v) is 9.36. The van der Waals surface area contributed by atoms with Crippen LogP contribution in [-0.2, 0) is 19.6 Å². The van der Waals surface area contributed by atoms with E-state index in [0.717, 1.165) is 25.3 Å². The van der Waals surface area contributed by atoms with Crippen LogP contribution in [-0.4, -0.2) is 50.5 Å². The highest BCUT2D eigenvalue weighted by Crippen LogP contribution is 2.33. The number of nitrogens with two attached hydrogens (primary N) is 1. The number of ether oxygens (including phenoxy) is 1. The molecule has 0 aromatic heterocycles. The van der Waals surface area contributed by atoms with E-state index in [1.165, 1.54) is 16.4 Å². The minimum Gasteiger partial charge on any atom is -0.379 e. The van der Waals surface area contributed by atoms with Gasteiger partial charge in [-0.05, 0) is 38.0 Å². The highest BCUT2D eigenvalue weighted by Gasteiger charge is 2.38. The molecule has 0 bridgehead atoms. The van der Waals surface area contributed by atoms with E-state index in [9.17, 15) is 17.6 Å². The SMILES string of the molecule is CC1(N)CCCCC1C(=O)Nc1ccc(F)c(S(=O)(=O)N2CCOCC2)c1. The van der Waals surface area contributed by atoms with E-state index >= 15 is 0 Å². The fraction of sp³-hybridized carbons (Fsp3) is 0.611. The Morgan fingerprint density at radius 2 is 2.04 bits per heavy atom. The zero-order valence-electron chi connectivity index (χ0n) is 15.4. The van der Waals surface area contributed by atoms with Crippen LogP contribution in [0.2, 0.25) is 0 Å². The molecule has 3 N–H and O–H groups in total. The molecule has 1 saturated carbocycles. The fourth-order valence-electron chi connectivity index (χ4n) is 3.72. The minimum atomic E-state index is -4.00. The number of morpholine rings is 1. The molecule has 1 amide bonds. The highest BCUT2D eigenvalue weighted by atomic mass is 32.2. The van der Waals surface area contributed by atoms with Crippen LogP contribution in [0.4, 0.5) is 10.1 Å². The van der Waals surface area contributed by atoms with Gasteiger partial charge in [0.05, 0.1) is 19.1 Å². The van der Waals surface area contributed by atoms with E-state index in [4.69, 9.17) is 10.5 Å². The number of sulfonamides is 1. The van der Waals surface area contributed by atoms with Gasteiger partial charge in [-0.1, -0.05) is 12.8 Å². The summed E-state index contributed by atoms with van der Waals surface area (Å²) in [6.45, 7) is 2.75. The largest absolute Gasteiger partial charge is 0.379 e. The Morgan fingerprint density at radius 1 is 1.33 bits per heavy atom. The fourth-order valence-corrected chi connectivity index (χ4v) is 5.22. The summed E-state index contributed by atoms with van der Waals surface area (Å²) >= 11 is 0. The van der Waals surface area contributed by atoms with Crippen molar-refractivity contribution in [1.82, 2.24) is 4.31 Å². The molecule has 2 aliphatic rings. The molecule has 2 fully saturated rings. The molecule has 150 valence electrons. The summed E-state index contributed by atoms with van der Waals surface area (Å²) in [4.78, 5) is 12.2. The topological polar surface area (TPSA) is 102 Å². The molecule has 1 heterocycles. The number of nitrogens with zero attached hydrogens (tertiary/aromatic N) is 1. The first-order valence-corrected chi connectivity index (χ1v) is 10.6. The normalized spacial score (nSPS) is 27.3. The first-order valence-electron chi connectivity index (χ1n) is 9.19. The zero-order chi connectivity index (χ0) is 19.7. The van der Waals surface area contributed by atoms with Crippen molar-refractivity contribution in [3.63, 3.8) is 0 Å². The molecule has 1 aliphatic heterocycles. The van der Waals surface area contributed by atoms with Gasteiger partial charge in [0.1, 0.15) is 10.7 Å². The van der Waals surface area contributed by atoms with Gasteiger partial charge in [-0.15, -0.1) is 0 Å². The van der Waals surface area contributed by atoms with Crippen molar-refractivity contribution >= 4 is 21.6 Å². The third-order valence-corrected chi connectivity index (χ3v) is 7.27. The molecule has 0 radical (unpaired) electrons. The van der Waals surface area contributed by atoms with Crippen LogP contribution < -0.4 is 11.1 Å². The Labute approximate surface area is 159 Å². The Morgan fingerprint density at radius 3 is 2.70 bits per heavy atom. The standard InChI is InChI=1S/C18H26FN3O4S/c1-18(20)7-3-2-4-14(18)17(23)21-13-5-6-15(19)16(12-13)27(24,25)22-8-10-26-11-9-22/h5-6,12,14H,2-4,7-11,20H2,1H3,(H,21,23). The van der Waals surface area contributed by atoms with Crippen LogP contribution in [0.25, 0.3) is 0 Å². The van der Waals surface area contributed by atoms with Crippen molar-refractivity contribution in [2.45, 2.75) is 43.0 Å². The van der Waals surface area contributed by atoms with Crippen LogP contribution in [0.1, 0.15) is 32.6 Å². The van der Waals surface area contributed by atoms with Crippen molar-refractivity contribution in [1.29, 1.82) is 0 Å². The average Bonchev–Trinajstić information content (AvgIpc) is 2.63. The summed E-state index contributed by atoms with van der Waals surface area (Å²) in [6.07, 6.45) is 3.34. The Kier molecular flexibility index (Phi) is 5.85. The first-order chi connectivity index (χ1) is 12.7. The quantitative estimate of drug-likeness (QED) is 0.802. The highest BCUT2D eigenvalue weighted by molar-refractivity contribution is 7.89. The summed E-state index contributed by atoms with van der Waals surface area (Å²) in [5, 5.41) is 2.72. The van der Waals surface area contributed by atoms with E-state index in [-0.39, 0.29) is 43.8 Å². The lowest BCUT2D eigenvalue weighted by atomic mass is 9.74. The molecular formula is C18H26FN3O4S. The molecule has 1 aromatic carbocycles. The number of carbonyl (C=O) groups excluding carboxylic acids is 1. The van der Waals surface area contributed by atoms with E-state index in [1.54, 1.807) is 0 Å². The molecule has 27 heavy (non-hydrogen) atoms. The number of hydrogen-bond acceptors (Lipinski definition) is 5. The maximum absolute atomic E-state index is 14.3. The van der Waals surface area contributed by atoms with E-state index < -0.39 is 26.3 Å². The number of halogens is 1. The van der Waals surface area contributed by atoms with E-state index in [0.29, 0.717) is 6.42 Å². The van der Waals surface area contributed by atoms with Gasteiger partial charge < -0.3 is 15.8 Å². The molecule has 7 nitrogen and oxygen atoms in total. The van der Waals surface area contributed by atoms with Crippen LogP contribution in [0.15, 0.2) is 23.1 Å². The van der Waals surface area contributed by atoms with Crippen molar-refractivity contribution in [3.8, 4) is 0 Å². The van der Waals surface area contributed by atoms with Crippen LogP contribution >= 0.6 is 0 Å². The average molecular weight is 399 g/mol. The van der Waals surface area contributed by atoms with E-state index in [1.807, 2.05) is 6.92 Å². The molecule has 2 unspecified atom stereocenters. The number of rotatable bonds is 4. The van der Waals surface area contributed by atoms with Gasteiger partial charge in [0.15, 0.2) is 0 Å². The first kappa shape index (κ1) is 20.2. The monoisotopic (exact) mass is 399 g/mol. The molecule has 3 rings (SSSR count). The zero-order valence-corrected chi connectivity index (χ0v) is 16.2. The second-order valence-electron chi connectivity index (χ2n) is 7.46. The lowest BCUT2D eigenvalue weighted by Gasteiger charge is -2.37. The van der Waals surface area contributed by atoms with Crippen molar-refractivity contribution < 1.29 is 22.3 Å². The molecule has 0 spiro atoms. The number of anilines is 1. The number of nitrogens with one attached hydrogen (secondary N) is 1. The third kappa shape index (κ3) is 4.31. The van der Waals surface area contributed by atoms with Gasteiger partial charge in [0.2, 0.25) is 15.9 Å². The van der Waals surface area contributed by atoms with Crippen molar-refractivity contribution in [3.05, 3.63) is 24.0 Å². The maximum atomic E-state index is 14.3. The van der Waals surface area contributed by atoms with Crippen molar-refractivity contribution in [2.75, 3.05) is 31.6 Å². The maximum Gasteiger partial charge on any atom is 0.246 e. The number of hydrogen-bond donors (Lipinski definition) is 2. The Hall–Kier alpha value is -1.55. The molecule has 1 aromatic rings. The van der Waals surface area contributed by atoms with E-state index in [2.05, 4.69) is 5.32 Å². The lowest BCUT2D eigenvalue weighted by Crippen LogP contribution is -2.51. The predicted octanol–water partition coefficient (Wildman–Crippen LogP) is 1.69. The number of carbonyl (C=O) groups is 1. The molecule has 1 aliphatic carbocycles. The van der Waals surface area contributed by atoms with Gasteiger partial charge in [-0.3, -0.25) is 4.79 Å². The summed E-state index contributed by atoms with van der Waals surface area (Å²) in [7, 11) is -4.00. The summed E-state index contributed by atoms with van der Waals surface area (Å²) in [5.74, 6) is -1.47. The minimum absolute atomic E-state index is 0.173. The van der Waals surface area contributed by atoms with Crippen molar-refractivity contribution in [2.24, 2.45) is 11.7 Å². The van der Waals surface area contributed by atoms with Gasteiger partial charge in [0.25, 0.3) is 0 Å². The Bertz CT molecular complexity index is 807. The number of amides is 1. The predicted molar refractivity (Wildman–Crippen MR) is 99.2 cm³/mol. The third-order valence-electron chi connectivity index (χ3n) is 5.36. The van der Waals surface area contributed by atoms with Crippen LogP contribution in [0.5, 0.6) is 0 Å². The van der Waals surface area contributed by atoms with Gasteiger partial charge in [-0.2, -0.15) is 4.31 Å². The molecule has 2 atom stereocenters. The second kappa shape index (κ2) is 7.83. The van der Waals surface area contributed by atoms with Gasteiger partial charge in [0, 0.05) is 24.3 Å². The van der Waals surface area contributed by atoms with Crippen LogP contribution in [0, 0.1) is 11.7 Å². The summed E-state index contributed by atoms with van der Waals surface area (Å²) in [6, 6.07) is 3.60. The van der Waals surface area contributed by atoms with Crippen LogP contribution in [0.3, 0.4) is 0 Å².